The minimum atomic E-state index is 0.353. The molecule has 3 aromatic rings. The van der Waals surface area contributed by atoms with E-state index < -0.39 is 0 Å². The Labute approximate surface area is 147 Å². The third-order valence-electron chi connectivity index (χ3n) is 4.91. The predicted molar refractivity (Wildman–Crippen MR) is 94.7 cm³/mol. The molecule has 1 aliphatic rings. The van der Waals surface area contributed by atoms with E-state index in [1.165, 1.54) is 12.8 Å². The topological polar surface area (TPSA) is 72.4 Å². The van der Waals surface area contributed by atoms with Crippen LogP contribution in [0, 0.1) is 0 Å². The molecule has 0 atom stereocenters. The van der Waals surface area contributed by atoms with Gasteiger partial charge in [-0.15, -0.1) is 0 Å². The molecule has 0 N–H and O–H groups in total. The Hall–Kier alpha value is -2.44. The van der Waals surface area contributed by atoms with Crippen LogP contribution >= 0.6 is 0 Å². The number of hydrogen-bond donors (Lipinski definition) is 0. The molecule has 0 spiro atoms. The van der Waals surface area contributed by atoms with E-state index in [0.29, 0.717) is 24.2 Å². The lowest BCUT2D eigenvalue weighted by Gasteiger charge is -2.19. The van der Waals surface area contributed by atoms with Crippen LogP contribution in [-0.2, 0) is 6.54 Å². The summed E-state index contributed by atoms with van der Waals surface area (Å²) in [5, 5.41) is 8.58. The minimum absolute atomic E-state index is 0.353. The maximum Gasteiger partial charge on any atom is 0.229 e. The van der Waals surface area contributed by atoms with Gasteiger partial charge in [0.15, 0.2) is 11.5 Å². The average molecular weight is 340 g/mol. The quantitative estimate of drug-likeness (QED) is 0.707. The Morgan fingerprint density at radius 2 is 2.08 bits per heavy atom. The first-order valence-electron chi connectivity index (χ1n) is 9.00. The second-order valence-corrected chi connectivity index (χ2v) is 7.18. The van der Waals surface area contributed by atoms with E-state index in [0.717, 1.165) is 35.9 Å². The zero-order valence-electron chi connectivity index (χ0n) is 15.0. The highest BCUT2D eigenvalue weighted by atomic mass is 16.5. The Bertz CT molecular complexity index is 861. The number of rotatable bonds is 5. The first-order valence-corrected chi connectivity index (χ1v) is 9.00. The normalized spacial score (nSPS) is 15.5. The second kappa shape index (κ2) is 6.46. The molecule has 0 amide bonds. The van der Waals surface area contributed by atoms with Crippen LogP contribution in [0.4, 0.5) is 5.82 Å². The molecule has 0 aliphatic heterocycles. The lowest BCUT2D eigenvalue weighted by molar-refractivity contribution is 0.350. The molecule has 7 heteroatoms. The highest BCUT2D eigenvalue weighted by Crippen LogP contribution is 2.33. The first kappa shape index (κ1) is 16.1. The van der Waals surface area contributed by atoms with E-state index in [1.54, 1.807) is 6.20 Å². The predicted octanol–water partition coefficient (Wildman–Crippen LogP) is 3.53. The summed E-state index contributed by atoms with van der Waals surface area (Å²) in [4.78, 5) is 11.4. The highest BCUT2D eigenvalue weighted by Gasteiger charge is 2.23. The summed E-state index contributed by atoms with van der Waals surface area (Å²) >= 11 is 0. The Balaban J connectivity index is 1.59. The van der Waals surface area contributed by atoms with E-state index in [2.05, 4.69) is 45.0 Å². The van der Waals surface area contributed by atoms with Crippen molar-refractivity contribution in [3.8, 4) is 0 Å². The lowest BCUT2D eigenvalue weighted by Crippen LogP contribution is -2.21. The Morgan fingerprint density at radius 3 is 2.84 bits per heavy atom. The van der Waals surface area contributed by atoms with Crippen molar-refractivity contribution in [2.75, 3.05) is 11.9 Å². The van der Waals surface area contributed by atoms with Crippen molar-refractivity contribution >= 4 is 11.5 Å². The summed E-state index contributed by atoms with van der Waals surface area (Å²) < 4.78 is 7.35. The third-order valence-corrected chi connectivity index (χ3v) is 4.91. The van der Waals surface area contributed by atoms with Gasteiger partial charge in [-0.2, -0.15) is 14.6 Å². The molecule has 3 aromatic heterocycles. The fourth-order valence-electron chi connectivity index (χ4n) is 3.45. The van der Waals surface area contributed by atoms with Gasteiger partial charge in [-0.3, -0.25) is 0 Å². The van der Waals surface area contributed by atoms with Gasteiger partial charge in [-0.1, -0.05) is 31.8 Å². The largest absolute Gasteiger partial charge is 0.352 e. The van der Waals surface area contributed by atoms with E-state index in [4.69, 9.17) is 4.52 Å². The van der Waals surface area contributed by atoms with Gasteiger partial charge < -0.3 is 9.42 Å². The van der Waals surface area contributed by atoms with Crippen LogP contribution in [0.1, 0.15) is 68.8 Å². The van der Waals surface area contributed by atoms with Crippen LogP contribution in [-0.4, -0.2) is 31.8 Å². The Kier molecular flexibility index (Phi) is 4.15. The van der Waals surface area contributed by atoms with Crippen molar-refractivity contribution in [3.05, 3.63) is 35.7 Å². The van der Waals surface area contributed by atoms with Crippen molar-refractivity contribution in [1.82, 2.24) is 24.7 Å². The number of fused-ring (bicyclic) bond motifs is 1. The summed E-state index contributed by atoms with van der Waals surface area (Å²) in [6.07, 6.45) is 6.61. The van der Waals surface area contributed by atoms with Gasteiger partial charge in [0.25, 0.3) is 0 Å². The van der Waals surface area contributed by atoms with Crippen LogP contribution < -0.4 is 4.90 Å². The van der Waals surface area contributed by atoms with E-state index in [-0.39, 0.29) is 0 Å². The number of anilines is 1. The molecule has 1 aliphatic carbocycles. The van der Waals surface area contributed by atoms with Crippen molar-refractivity contribution in [2.45, 2.75) is 57.9 Å². The summed E-state index contributed by atoms with van der Waals surface area (Å²) in [5.74, 6) is 3.28. The van der Waals surface area contributed by atoms with E-state index >= 15 is 0 Å². The number of aromatic nitrogens is 5. The molecule has 0 unspecified atom stereocenters. The van der Waals surface area contributed by atoms with Crippen molar-refractivity contribution in [3.63, 3.8) is 0 Å². The summed E-state index contributed by atoms with van der Waals surface area (Å²) in [6, 6.07) is 4.01. The summed E-state index contributed by atoms with van der Waals surface area (Å²) in [7, 11) is 2.02. The summed E-state index contributed by atoms with van der Waals surface area (Å²) in [5.41, 5.74) is 1.91. The molecule has 3 heterocycles. The molecule has 0 saturated heterocycles. The Morgan fingerprint density at radius 1 is 1.28 bits per heavy atom. The van der Waals surface area contributed by atoms with Crippen LogP contribution in [0.25, 0.3) is 5.65 Å². The molecule has 25 heavy (non-hydrogen) atoms. The maximum atomic E-state index is 5.50. The van der Waals surface area contributed by atoms with Gasteiger partial charge >= 0.3 is 0 Å². The SMILES string of the molecule is CC(C)c1cc(N(C)Cc2noc(C3CCCC3)n2)n2nccc2n1. The average Bonchev–Trinajstić information content (AvgIpc) is 3.33. The smallest absolute Gasteiger partial charge is 0.229 e. The van der Waals surface area contributed by atoms with Gasteiger partial charge in [0, 0.05) is 30.8 Å². The van der Waals surface area contributed by atoms with Crippen LogP contribution in [0.15, 0.2) is 22.9 Å². The van der Waals surface area contributed by atoms with E-state index in [9.17, 15) is 0 Å². The maximum absolute atomic E-state index is 5.50. The minimum Gasteiger partial charge on any atom is -0.352 e. The van der Waals surface area contributed by atoms with Crippen molar-refractivity contribution in [2.24, 2.45) is 0 Å². The zero-order chi connectivity index (χ0) is 17.4. The third kappa shape index (κ3) is 3.10. The van der Waals surface area contributed by atoms with Gasteiger partial charge in [0.2, 0.25) is 5.89 Å². The molecule has 4 rings (SSSR count). The second-order valence-electron chi connectivity index (χ2n) is 7.18. The molecule has 1 fully saturated rings. The highest BCUT2D eigenvalue weighted by molar-refractivity contribution is 5.50. The monoisotopic (exact) mass is 340 g/mol. The van der Waals surface area contributed by atoms with Crippen LogP contribution in [0.3, 0.4) is 0 Å². The fraction of sp³-hybridized carbons (Fsp3) is 0.556. The van der Waals surface area contributed by atoms with Crippen LogP contribution in [0.2, 0.25) is 0 Å². The molecular weight excluding hydrogens is 316 g/mol. The van der Waals surface area contributed by atoms with Gasteiger partial charge in [-0.05, 0) is 18.8 Å². The van der Waals surface area contributed by atoms with Crippen LogP contribution in [0.5, 0.6) is 0 Å². The van der Waals surface area contributed by atoms with Crippen molar-refractivity contribution < 1.29 is 4.52 Å². The lowest BCUT2D eigenvalue weighted by atomic mass is 10.1. The molecule has 1 saturated carbocycles. The standard InChI is InChI=1S/C18H24N6O/c1-12(2)14-10-17(24-16(20-14)8-9-19-24)23(3)11-15-21-18(25-22-15)13-6-4-5-7-13/h8-10,12-13H,4-7,11H2,1-3H3. The van der Waals surface area contributed by atoms with Gasteiger partial charge in [0.05, 0.1) is 12.7 Å². The zero-order valence-corrected chi connectivity index (χ0v) is 15.0. The molecule has 0 aromatic carbocycles. The number of nitrogens with zero attached hydrogens (tertiary/aromatic N) is 6. The number of hydrogen-bond acceptors (Lipinski definition) is 6. The fourth-order valence-corrected chi connectivity index (χ4v) is 3.45. The molecule has 0 bridgehead atoms. The summed E-state index contributed by atoms with van der Waals surface area (Å²) in [6.45, 7) is 4.87. The molecule has 7 nitrogen and oxygen atoms in total. The van der Waals surface area contributed by atoms with E-state index in [1.807, 2.05) is 17.6 Å². The first-order chi connectivity index (χ1) is 12.1. The van der Waals surface area contributed by atoms with Crippen molar-refractivity contribution in [1.29, 1.82) is 0 Å². The molecule has 0 radical (unpaired) electrons. The van der Waals surface area contributed by atoms with Gasteiger partial charge in [-0.25, -0.2) is 4.98 Å². The van der Waals surface area contributed by atoms with Gasteiger partial charge in [0.1, 0.15) is 5.82 Å². The molecule has 132 valence electrons. The molecular formula is C18H24N6O.